The van der Waals surface area contributed by atoms with Gasteiger partial charge in [0, 0.05) is 0 Å². The van der Waals surface area contributed by atoms with Crippen molar-refractivity contribution in [2.75, 3.05) is 0 Å². The van der Waals surface area contributed by atoms with Crippen LogP contribution in [0.4, 0.5) is 0 Å². The summed E-state index contributed by atoms with van der Waals surface area (Å²) in [5.74, 6) is 0. The normalized spacial score (nSPS) is 16.7. The first kappa shape index (κ1) is 11.0. The molecule has 0 aromatic heterocycles. The Morgan fingerprint density at radius 1 is 0.737 bits per heavy atom. The van der Waals surface area contributed by atoms with Crippen molar-refractivity contribution in [2.45, 2.75) is 32.6 Å². The third-order valence-electron chi connectivity index (χ3n) is 4.56. The van der Waals surface area contributed by atoms with E-state index in [2.05, 4.69) is 49.4 Å². The lowest BCUT2D eigenvalue weighted by molar-refractivity contribution is 0.806. The third kappa shape index (κ3) is 1.67. The minimum Gasteiger partial charge on any atom is -0.0620 e. The van der Waals surface area contributed by atoms with E-state index >= 15 is 0 Å². The molecule has 2 aliphatic carbocycles. The van der Waals surface area contributed by atoms with Crippen LogP contribution in [0.2, 0.25) is 0 Å². The van der Waals surface area contributed by atoms with Gasteiger partial charge < -0.3 is 0 Å². The van der Waals surface area contributed by atoms with E-state index in [1.807, 2.05) is 0 Å². The van der Waals surface area contributed by atoms with Crippen LogP contribution >= 0.6 is 0 Å². The Hall–Kier alpha value is -1.82. The van der Waals surface area contributed by atoms with Gasteiger partial charge >= 0.3 is 0 Å². The zero-order valence-corrected chi connectivity index (χ0v) is 11.4. The van der Waals surface area contributed by atoms with Gasteiger partial charge in [-0.05, 0) is 60.4 Å². The molecule has 19 heavy (non-hydrogen) atoms. The molecule has 4 rings (SSSR count). The Labute approximate surface area is 114 Å². The van der Waals surface area contributed by atoms with Gasteiger partial charge in [0.2, 0.25) is 0 Å². The quantitative estimate of drug-likeness (QED) is 0.632. The molecule has 0 unspecified atom stereocenters. The maximum Gasteiger partial charge on any atom is -0.0114 e. The fraction of sp³-hybridized carbons (Fsp3) is 0.263. The molecule has 0 radical (unpaired) electrons. The summed E-state index contributed by atoms with van der Waals surface area (Å²) in [4.78, 5) is 0. The minimum atomic E-state index is 1.22. The number of fused-ring (bicyclic) bond motifs is 4. The number of benzene rings is 2. The number of hydrogen-bond donors (Lipinski definition) is 0. The van der Waals surface area contributed by atoms with Crippen LogP contribution in [0.1, 0.15) is 40.7 Å². The second-order valence-electron chi connectivity index (χ2n) is 5.80. The van der Waals surface area contributed by atoms with Crippen LogP contribution in [0, 0.1) is 6.92 Å². The maximum atomic E-state index is 2.37. The van der Waals surface area contributed by atoms with Gasteiger partial charge in [0.15, 0.2) is 0 Å². The van der Waals surface area contributed by atoms with Crippen molar-refractivity contribution in [2.24, 2.45) is 0 Å². The van der Waals surface area contributed by atoms with Crippen molar-refractivity contribution < 1.29 is 0 Å². The minimum absolute atomic E-state index is 1.22. The molecule has 94 valence electrons. The van der Waals surface area contributed by atoms with Crippen LogP contribution in [-0.4, -0.2) is 0 Å². The number of allylic oxidation sites excluding steroid dienone is 1. The highest BCUT2D eigenvalue weighted by Gasteiger charge is 2.24. The van der Waals surface area contributed by atoms with E-state index in [4.69, 9.17) is 0 Å². The molecular formula is C19H18. The summed E-state index contributed by atoms with van der Waals surface area (Å²) in [6.45, 7) is 2.19. The monoisotopic (exact) mass is 246 g/mol. The Balaban J connectivity index is 1.98. The van der Waals surface area contributed by atoms with E-state index in [-0.39, 0.29) is 0 Å². The molecule has 2 aromatic rings. The molecule has 0 spiro atoms. The summed E-state index contributed by atoms with van der Waals surface area (Å²) in [6.07, 6.45) is 4.94. The predicted molar refractivity (Wildman–Crippen MR) is 80.3 cm³/mol. The first-order valence-corrected chi connectivity index (χ1v) is 7.23. The van der Waals surface area contributed by atoms with Crippen molar-refractivity contribution in [3.63, 3.8) is 0 Å². The molecule has 0 nitrogen and oxygen atoms in total. The molecule has 0 atom stereocenters. The maximum absolute atomic E-state index is 2.37. The summed E-state index contributed by atoms with van der Waals surface area (Å²) in [7, 11) is 0. The van der Waals surface area contributed by atoms with Gasteiger partial charge in [-0.25, -0.2) is 0 Å². The number of aryl methyl sites for hydroxylation is 3. The zero-order valence-electron chi connectivity index (χ0n) is 11.4. The molecular weight excluding hydrogens is 228 g/mol. The molecule has 0 heterocycles. The molecule has 0 bridgehead atoms. The van der Waals surface area contributed by atoms with Crippen LogP contribution in [-0.2, 0) is 12.8 Å². The van der Waals surface area contributed by atoms with Gasteiger partial charge in [0.05, 0.1) is 0 Å². The Kier molecular flexibility index (Phi) is 2.38. The van der Waals surface area contributed by atoms with Crippen molar-refractivity contribution in [3.8, 4) is 0 Å². The summed E-state index contributed by atoms with van der Waals surface area (Å²) in [5, 5.41) is 0. The Morgan fingerprint density at radius 2 is 1.47 bits per heavy atom. The van der Waals surface area contributed by atoms with Gasteiger partial charge in [0.1, 0.15) is 0 Å². The van der Waals surface area contributed by atoms with Gasteiger partial charge in [0.25, 0.3) is 0 Å². The van der Waals surface area contributed by atoms with Gasteiger partial charge in [-0.15, -0.1) is 0 Å². The first-order chi connectivity index (χ1) is 9.33. The average Bonchev–Trinajstić information content (AvgIpc) is 2.46. The summed E-state index contributed by atoms with van der Waals surface area (Å²) < 4.78 is 0. The van der Waals surface area contributed by atoms with Gasteiger partial charge in [-0.3, -0.25) is 0 Å². The topological polar surface area (TPSA) is 0 Å². The third-order valence-corrected chi connectivity index (χ3v) is 4.56. The number of rotatable bonds is 0. The van der Waals surface area contributed by atoms with Crippen molar-refractivity contribution >= 4 is 5.57 Å². The fourth-order valence-electron chi connectivity index (χ4n) is 3.63. The molecule has 0 heteroatoms. The molecule has 0 amide bonds. The van der Waals surface area contributed by atoms with Crippen LogP contribution in [0.5, 0.6) is 0 Å². The smallest absolute Gasteiger partial charge is 0.0114 e. The van der Waals surface area contributed by atoms with E-state index in [1.165, 1.54) is 53.5 Å². The van der Waals surface area contributed by atoms with Crippen molar-refractivity contribution in [1.82, 2.24) is 0 Å². The molecule has 0 N–H and O–H groups in total. The van der Waals surface area contributed by atoms with E-state index in [0.29, 0.717) is 0 Å². The van der Waals surface area contributed by atoms with Crippen LogP contribution in [0.3, 0.4) is 0 Å². The molecule has 0 fully saturated rings. The Morgan fingerprint density at radius 3 is 2.37 bits per heavy atom. The lowest BCUT2D eigenvalue weighted by Gasteiger charge is -2.29. The van der Waals surface area contributed by atoms with E-state index < -0.39 is 0 Å². The summed E-state index contributed by atoms with van der Waals surface area (Å²) >= 11 is 0. The molecule has 0 saturated carbocycles. The van der Waals surface area contributed by atoms with Crippen molar-refractivity contribution in [1.29, 1.82) is 0 Å². The first-order valence-electron chi connectivity index (χ1n) is 7.23. The number of hydrogen-bond acceptors (Lipinski definition) is 0. The standard InChI is InChI=1S/C19H18/c1-13-6-11-18-16(12-13)10-9-15-8-7-14-4-2-3-5-17(14)19(15)18/h2-6,11-12H,7-10H2,1H3. The van der Waals surface area contributed by atoms with Crippen LogP contribution in [0.25, 0.3) is 5.57 Å². The highest BCUT2D eigenvalue weighted by atomic mass is 14.3. The average molecular weight is 246 g/mol. The predicted octanol–water partition coefficient (Wildman–Crippen LogP) is 4.69. The molecule has 0 aliphatic heterocycles. The largest absolute Gasteiger partial charge is 0.0620 e. The summed E-state index contributed by atoms with van der Waals surface area (Å²) in [5.41, 5.74) is 10.6. The molecule has 2 aliphatic rings. The van der Waals surface area contributed by atoms with E-state index in [9.17, 15) is 0 Å². The van der Waals surface area contributed by atoms with Gasteiger partial charge in [-0.1, -0.05) is 53.6 Å². The van der Waals surface area contributed by atoms with Crippen LogP contribution < -0.4 is 0 Å². The van der Waals surface area contributed by atoms with E-state index in [0.717, 1.165) is 0 Å². The fourth-order valence-corrected chi connectivity index (χ4v) is 3.63. The highest BCUT2D eigenvalue weighted by molar-refractivity contribution is 5.87. The molecule has 0 saturated heterocycles. The SMILES string of the molecule is Cc1ccc2c(c1)CCC1=C2c2ccccc2CC1. The van der Waals surface area contributed by atoms with E-state index in [1.54, 1.807) is 11.1 Å². The summed E-state index contributed by atoms with van der Waals surface area (Å²) in [6, 6.07) is 15.9. The van der Waals surface area contributed by atoms with Gasteiger partial charge in [-0.2, -0.15) is 0 Å². The zero-order chi connectivity index (χ0) is 12.8. The lowest BCUT2D eigenvalue weighted by Crippen LogP contribution is -2.12. The Bertz CT molecular complexity index is 689. The van der Waals surface area contributed by atoms with Crippen LogP contribution in [0.15, 0.2) is 48.0 Å². The van der Waals surface area contributed by atoms with Crippen molar-refractivity contribution in [3.05, 3.63) is 75.9 Å². The second-order valence-corrected chi connectivity index (χ2v) is 5.80. The highest BCUT2D eigenvalue weighted by Crippen LogP contribution is 2.42. The second kappa shape index (κ2) is 4.09. The molecule has 2 aromatic carbocycles. The lowest BCUT2D eigenvalue weighted by atomic mass is 9.75.